The van der Waals surface area contributed by atoms with Gasteiger partial charge in [0.1, 0.15) is 5.75 Å². The van der Waals surface area contributed by atoms with Crippen LogP contribution >= 0.6 is 0 Å². The van der Waals surface area contributed by atoms with Crippen molar-refractivity contribution in [3.05, 3.63) is 35.9 Å². The average molecular weight is 335 g/mol. The van der Waals surface area contributed by atoms with Gasteiger partial charge in [0.05, 0.1) is 18.4 Å². The van der Waals surface area contributed by atoms with Crippen LogP contribution in [-0.4, -0.2) is 25.7 Å². The van der Waals surface area contributed by atoms with E-state index in [2.05, 4.69) is 0 Å². The molecular weight excluding hydrogens is 322 g/mol. The van der Waals surface area contributed by atoms with E-state index >= 15 is 0 Å². The summed E-state index contributed by atoms with van der Waals surface area (Å²) < 4.78 is 16.7. The van der Waals surface area contributed by atoms with E-state index < -0.39 is 0 Å². The zero-order valence-corrected chi connectivity index (χ0v) is 13.6. The summed E-state index contributed by atoms with van der Waals surface area (Å²) in [6, 6.07) is 9.17. The largest absolute Gasteiger partial charge is 0.496 e. The molecule has 0 spiro atoms. The first kappa shape index (κ1) is 14.1. The zero-order valence-electron chi connectivity index (χ0n) is 13.6. The quantitative estimate of drug-likeness (QED) is 0.639. The highest BCUT2D eigenvalue weighted by Gasteiger charge is 2.37. The lowest BCUT2D eigenvalue weighted by atomic mass is 9.96. The van der Waals surface area contributed by atoms with E-state index in [-0.39, 0.29) is 18.6 Å². The van der Waals surface area contributed by atoms with Crippen molar-refractivity contribution in [2.75, 3.05) is 18.8 Å². The first-order chi connectivity index (χ1) is 12.1. The summed E-state index contributed by atoms with van der Waals surface area (Å²) in [7, 11) is 1.59. The van der Waals surface area contributed by atoms with Crippen LogP contribution in [-0.2, 0) is 4.79 Å². The van der Waals surface area contributed by atoms with E-state index in [1.54, 1.807) is 13.2 Å². The summed E-state index contributed by atoms with van der Waals surface area (Å²) in [5.74, 6) is 1.09. The molecule has 6 nitrogen and oxygen atoms in total. The molecule has 2 amide bonds. The van der Waals surface area contributed by atoms with Gasteiger partial charge < -0.3 is 14.2 Å². The molecular formula is C19H13NO5. The lowest BCUT2D eigenvalue weighted by Crippen LogP contribution is -2.31. The van der Waals surface area contributed by atoms with Gasteiger partial charge in [-0.15, -0.1) is 0 Å². The standard InChI is InChI=1S/C19H13NO5/c1-9(21)20-13-6-11-10(4-3-5-14(11)23-2)17-16(13)12(19(20)22)7-15-18(17)25-8-24-15/h3-7H,8H2,1-2H3. The number of methoxy groups -OCH3 is 1. The van der Waals surface area contributed by atoms with Gasteiger partial charge in [-0.25, -0.2) is 4.90 Å². The SMILES string of the molecule is COc1cccc2c1cc1c3c(cc4c(c32)OCO4)C(=O)N1C(C)=O. The number of nitrogens with zero attached hydrogens (tertiary/aromatic N) is 1. The van der Waals surface area contributed by atoms with Crippen LogP contribution < -0.4 is 19.1 Å². The Morgan fingerprint density at radius 2 is 2.00 bits per heavy atom. The first-order valence-electron chi connectivity index (χ1n) is 7.83. The lowest BCUT2D eigenvalue weighted by molar-refractivity contribution is -0.115. The van der Waals surface area contributed by atoms with Crippen molar-refractivity contribution < 1.29 is 23.8 Å². The molecule has 0 aliphatic carbocycles. The third kappa shape index (κ3) is 1.63. The number of ether oxygens (including phenoxy) is 3. The van der Waals surface area contributed by atoms with Crippen LogP contribution in [0.25, 0.3) is 21.5 Å². The van der Waals surface area contributed by atoms with Gasteiger partial charge in [0.2, 0.25) is 12.7 Å². The van der Waals surface area contributed by atoms with E-state index in [1.165, 1.54) is 11.8 Å². The number of carbonyl (C=O) groups is 2. The van der Waals surface area contributed by atoms with Crippen molar-refractivity contribution in [3.63, 3.8) is 0 Å². The monoisotopic (exact) mass is 335 g/mol. The van der Waals surface area contributed by atoms with Gasteiger partial charge >= 0.3 is 0 Å². The predicted molar refractivity (Wildman–Crippen MR) is 91.6 cm³/mol. The zero-order chi connectivity index (χ0) is 17.3. The molecule has 2 heterocycles. The van der Waals surface area contributed by atoms with Crippen molar-refractivity contribution in [2.24, 2.45) is 0 Å². The highest BCUT2D eigenvalue weighted by atomic mass is 16.7. The molecule has 6 heteroatoms. The molecule has 5 rings (SSSR count). The first-order valence-corrected chi connectivity index (χ1v) is 7.83. The summed E-state index contributed by atoms with van der Waals surface area (Å²) in [4.78, 5) is 26.1. The summed E-state index contributed by atoms with van der Waals surface area (Å²) in [6.07, 6.45) is 0. The van der Waals surface area contributed by atoms with Gasteiger partial charge in [0, 0.05) is 23.1 Å². The molecule has 124 valence electrons. The number of imide groups is 1. The van der Waals surface area contributed by atoms with Crippen LogP contribution in [0.15, 0.2) is 30.3 Å². The number of hydrogen-bond acceptors (Lipinski definition) is 5. The Morgan fingerprint density at radius 3 is 2.76 bits per heavy atom. The van der Waals surface area contributed by atoms with Crippen LogP contribution in [0.1, 0.15) is 17.3 Å². The van der Waals surface area contributed by atoms with Gasteiger partial charge in [-0.05, 0) is 23.6 Å². The topological polar surface area (TPSA) is 65.1 Å². The third-order valence-corrected chi connectivity index (χ3v) is 4.75. The Bertz CT molecular complexity index is 1120. The van der Waals surface area contributed by atoms with E-state index in [9.17, 15) is 9.59 Å². The van der Waals surface area contributed by atoms with Crippen LogP contribution in [0.2, 0.25) is 0 Å². The number of carbonyl (C=O) groups excluding carboxylic acids is 2. The molecule has 2 aliphatic heterocycles. The van der Waals surface area contributed by atoms with E-state index in [1.807, 2.05) is 24.3 Å². The lowest BCUT2D eigenvalue weighted by Gasteiger charge is -2.15. The fourth-order valence-corrected chi connectivity index (χ4v) is 3.75. The van der Waals surface area contributed by atoms with Gasteiger partial charge in [0.15, 0.2) is 11.5 Å². The molecule has 25 heavy (non-hydrogen) atoms. The fourth-order valence-electron chi connectivity index (χ4n) is 3.75. The maximum atomic E-state index is 12.8. The fraction of sp³-hybridized carbons (Fsp3) is 0.158. The van der Waals surface area contributed by atoms with Crippen molar-refractivity contribution in [1.82, 2.24) is 0 Å². The molecule has 0 saturated heterocycles. The smallest absolute Gasteiger partial charge is 0.265 e. The minimum atomic E-state index is -0.347. The molecule has 3 aromatic rings. The van der Waals surface area contributed by atoms with Crippen LogP contribution in [0.4, 0.5) is 5.69 Å². The van der Waals surface area contributed by atoms with Crippen LogP contribution in [0, 0.1) is 0 Å². The third-order valence-electron chi connectivity index (χ3n) is 4.75. The maximum absolute atomic E-state index is 12.8. The molecule has 0 unspecified atom stereocenters. The number of fused-ring (bicyclic) bond motifs is 4. The molecule has 0 fully saturated rings. The molecule has 0 radical (unpaired) electrons. The van der Waals surface area contributed by atoms with Gasteiger partial charge in [0.25, 0.3) is 5.91 Å². The summed E-state index contributed by atoms with van der Waals surface area (Å²) in [5, 5.41) is 3.18. The van der Waals surface area contributed by atoms with E-state index in [0.29, 0.717) is 33.9 Å². The minimum Gasteiger partial charge on any atom is -0.496 e. The second kappa shape index (κ2) is 4.63. The van der Waals surface area contributed by atoms with E-state index in [4.69, 9.17) is 14.2 Å². The molecule has 0 N–H and O–H groups in total. The summed E-state index contributed by atoms with van der Waals surface area (Å²) in [5.41, 5.74) is 1.01. The number of benzene rings is 3. The normalized spacial score (nSPS) is 14.6. The minimum absolute atomic E-state index is 0.105. The summed E-state index contributed by atoms with van der Waals surface area (Å²) >= 11 is 0. The molecule has 3 aromatic carbocycles. The van der Waals surface area contributed by atoms with Crippen molar-refractivity contribution in [3.8, 4) is 17.2 Å². The van der Waals surface area contributed by atoms with Gasteiger partial charge in [-0.1, -0.05) is 12.1 Å². The number of amides is 2. The Balaban J connectivity index is 2.06. The predicted octanol–water partition coefficient (Wildman–Crippen LogP) is 3.24. The number of anilines is 1. The highest BCUT2D eigenvalue weighted by molar-refractivity contribution is 6.37. The number of rotatable bonds is 1. The molecule has 0 saturated carbocycles. The van der Waals surface area contributed by atoms with Crippen LogP contribution in [0.3, 0.4) is 0 Å². The summed E-state index contributed by atoms with van der Waals surface area (Å²) in [6.45, 7) is 1.48. The highest BCUT2D eigenvalue weighted by Crippen LogP contribution is 2.51. The second-order valence-corrected chi connectivity index (χ2v) is 6.02. The molecule has 0 bridgehead atoms. The Labute approximate surface area is 142 Å². The molecule has 2 aliphatic rings. The van der Waals surface area contributed by atoms with E-state index in [0.717, 1.165) is 16.2 Å². The Hall–Kier alpha value is -3.28. The maximum Gasteiger partial charge on any atom is 0.265 e. The Kier molecular flexibility index (Phi) is 2.61. The Morgan fingerprint density at radius 1 is 1.16 bits per heavy atom. The second-order valence-electron chi connectivity index (χ2n) is 6.02. The van der Waals surface area contributed by atoms with Crippen molar-refractivity contribution in [1.29, 1.82) is 0 Å². The van der Waals surface area contributed by atoms with Crippen molar-refractivity contribution >= 4 is 39.0 Å². The van der Waals surface area contributed by atoms with Crippen molar-refractivity contribution in [2.45, 2.75) is 6.92 Å². The van der Waals surface area contributed by atoms with Gasteiger partial charge in [-0.3, -0.25) is 9.59 Å². The molecule has 0 aromatic heterocycles. The van der Waals surface area contributed by atoms with Gasteiger partial charge in [-0.2, -0.15) is 0 Å². The van der Waals surface area contributed by atoms with Crippen LogP contribution in [0.5, 0.6) is 17.2 Å². The number of hydrogen-bond donors (Lipinski definition) is 0. The molecule has 0 atom stereocenters. The average Bonchev–Trinajstić information content (AvgIpc) is 3.18.